The second-order valence-corrected chi connectivity index (χ2v) is 5.31. The molecule has 1 aliphatic heterocycles. The van der Waals surface area contributed by atoms with E-state index in [9.17, 15) is 8.78 Å². The number of hydrogen-bond donors (Lipinski definition) is 0. The van der Waals surface area contributed by atoms with Crippen molar-refractivity contribution >= 4 is 11.5 Å². The molecule has 100 valence electrons. The van der Waals surface area contributed by atoms with Gasteiger partial charge in [0.1, 0.15) is 5.82 Å². The normalized spacial score (nSPS) is 25.9. The van der Waals surface area contributed by atoms with E-state index in [2.05, 4.69) is 20.2 Å². The zero-order valence-corrected chi connectivity index (χ0v) is 10.2. The Balaban J connectivity index is 1.77. The summed E-state index contributed by atoms with van der Waals surface area (Å²) < 4.78 is 26.8. The molecule has 2 aromatic rings. The minimum Gasteiger partial charge on any atom is -0.352 e. The average Bonchev–Trinajstić information content (AvgIpc) is 3.12. The van der Waals surface area contributed by atoms with Crippen molar-refractivity contribution in [1.29, 1.82) is 0 Å². The number of alkyl halides is 2. The number of rotatable bonds is 2. The average molecular weight is 265 g/mol. The number of piperidine rings is 1. The first kappa shape index (κ1) is 11.1. The predicted octanol–water partition coefficient (Wildman–Crippen LogP) is 2.05. The van der Waals surface area contributed by atoms with Crippen LogP contribution in [0.3, 0.4) is 0 Å². The van der Waals surface area contributed by atoms with Crippen molar-refractivity contribution < 1.29 is 8.78 Å². The molecular formula is C12H13F2N5. The van der Waals surface area contributed by atoms with Gasteiger partial charge in [0.15, 0.2) is 5.65 Å². The maximum absolute atomic E-state index is 12.8. The second kappa shape index (κ2) is 3.85. The Morgan fingerprint density at radius 3 is 2.79 bits per heavy atom. The molecule has 19 heavy (non-hydrogen) atoms. The van der Waals surface area contributed by atoms with Gasteiger partial charge in [0, 0.05) is 12.6 Å². The van der Waals surface area contributed by atoms with Crippen molar-refractivity contribution in [3.63, 3.8) is 0 Å². The molecule has 0 amide bonds. The van der Waals surface area contributed by atoms with Crippen LogP contribution in [0.5, 0.6) is 0 Å². The number of anilines is 1. The minimum atomic E-state index is -2.66. The van der Waals surface area contributed by atoms with E-state index >= 15 is 0 Å². The summed E-state index contributed by atoms with van der Waals surface area (Å²) in [4.78, 5) is 2.23. The third-order valence-electron chi connectivity index (χ3n) is 4.17. The van der Waals surface area contributed by atoms with Gasteiger partial charge in [0.25, 0.3) is 6.43 Å². The molecule has 0 N–H and O–H groups in total. The number of hydrogen-bond acceptors (Lipinski definition) is 4. The molecule has 2 fully saturated rings. The van der Waals surface area contributed by atoms with E-state index in [-0.39, 0.29) is 5.82 Å². The molecule has 3 heterocycles. The molecule has 1 saturated carbocycles. The summed E-state index contributed by atoms with van der Waals surface area (Å²) in [6, 6.07) is 4.06. The topological polar surface area (TPSA) is 46.3 Å². The highest BCUT2D eigenvalue weighted by Gasteiger charge is 2.38. The van der Waals surface area contributed by atoms with E-state index in [1.54, 1.807) is 6.07 Å². The second-order valence-electron chi connectivity index (χ2n) is 5.31. The van der Waals surface area contributed by atoms with E-state index in [0.717, 1.165) is 22.8 Å². The lowest BCUT2D eigenvalue weighted by atomic mass is 10.1. The van der Waals surface area contributed by atoms with Gasteiger partial charge in [-0.05, 0) is 37.3 Å². The Hall–Kier alpha value is -1.79. The van der Waals surface area contributed by atoms with Gasteiger partial charge in [-0.2, -0.15) is 4.52 Å². The number of fused-ring (bicyclic) bond motifs is 3. The Labute approximate surface area is 108 Å². The fraction of sp³-hybridized carbons (Fsp3) is 0.583. The predicted molar refractivity (Wildman–Crippen MR) is 64.2 cm³/mol. The van der Waals surface area contributed by atoms with Gasteiger partial charge in [-0.25, -0.2) is 8.78 Å². The lowest BCUT2D eigenvalue weighted by molar-refractivity contribution is 0.137. The van der Waals surface area contributed by atoms with Crippen LogP contribution >= 0.6 is 0 Å². The zero-order chi connectivity index (χ0) is 13.0. The highest BCUT2D eigenvalue weighted by molar-refractivity contribution is 5.48. The van der Waals surface area contributed by atoms with Crippen molar-refractivity contribution in [2.45, 2.75) is 31.7 Å². The van der Waals surface area contributed by atoms with Crippen LogP contribution in [0.2, 0.25) is 0 Å². The number of aromatic nitrogens is 4. The standard InChI is InChI=1S/C12H13F2N5/c13-11(14)12-16-15-9-3-4-10(17-19(9)12)18-6-7-1-2-8(18)5-7/h3-4,7-8,11H,1-2,5-6H2/t7-,8-/m0/s1. The lowest BCUT2D eigenvalue weighted by Crippen LogP contribution is -2.32. The summed E-state index contributed by atoms with van der Waals surface area (Å²) in [5.41, 5.74) is 0.364. The van der Waals surface area contributed by atoms with Crippen LogP contribution in [0.1, 0.15) is 31.5 Å². The first-order valence-electron chi connectivity index (χ1n) is 6.49. The summed E-state index contributed by atoms with van der Waals surface area (Å²) in [6.07, 6.45) is 0.990. The maximum Gasteiger partial charge on any atom is 0.299 e. The molecule has 2 aromatic heterocycles. The molecule has 1 saturated heterocycles. The van der Waals surface area contributed by atoms with Crippen molar-refractivity contribution in [3.05, 3.63) is 18.0 Å². The highest BCUT2D eigenvalue weighted by Crippen LogP contribution is 2.39. The van der Waals surface area contributed by atoms with Crippen LogP contribution in [0.25, 0.3) is 5.65 Å². The first-order chi connectivity index (χ1) is 9.22. The molecule has 2 atom stereocenters. The van der Waals surface area contributed by atoms with Crippen molar-refractivity contribution in [1.82, 2.24) is 19.8 Å². The molecular weight excluding hydrogens is 252 g/mol. The third-order valence-corrected chi connectivity index (χ3v) is 4.17. The fourth-order valence-electron chi connectivity index (χ4n) is 3.29. The van der Waals surface area contributed by atoms with Gasteiger partial charge < -0.3 is 4.90 Å². The zero-order valence-electron chi connectivity index (χ0n) is 10.2. The van der Waals surface area contributed by atoms with Crippen molar-refractivity contribution in [2.75, 3.05) is 11.4 Å². The van der Waals surface area contributed by atoms with Crippen LogP contribution in [0, 0.1) is 5.92 Å². The van der Waals surface area contributed by atoms with E-state index in [0.29, 0.717) is 11.7 Å². The third kappa shape index (κ3) is 1.60. The molecule has 0 unspecified atom stereocenters. The smallest absolute Gasteiger partial charge is 0.299 e. The molecule has 7 heteroatoms. The SMILES string of the molecule is FC(F)c1nnc2ccc(N3C[C@H]4CC[C@H]3C4)nn12. The summed E-state index contributed by atoms with van der Waals surface area (Å²) in [6.45, 7) is 0.981. The van der Waals surface area contributed by atoms with Crippen LogP contribution in [-0.2, 0) is 0 Å². The summed E-state index contributed by atoms with van der Waals surface area (Å²) >= 11 is 0. The molecule has 0 radical (unpaired) electrons. The van der Waals surface area contributed by atoms with Crippen molar-refractivity contribution in [2.24, 2.45) is 5.92 Å². The monoisotopic (exact) mass is 265 g/mol. The van der Waals surface area contributed by atoms with Crippen LogP contribution in [0.4, 0.5) is 14.6 Å². The molecule has 0 aromatic carbocycles. The van der Waals surface area contributed by atoms with Crippen LogP contribution in [-0.4, -0.2) is 32.4 Å². The van der Waals surface area contributed by atoms with Crippen LogP contribution in [0.15, 0.2) is 12.1 Å². The molecule has 0 spiro atoms. The quantitative estimate of drug-likeness (QED) is 0.833. The Bertz CT molecular complexity index is 626. The fourth-order valence-corrected chi connectivity index (χ4v) is 3.29. The largest absolute Gasteiger partial charge is 0.352 e. The summed E-state index contributed by atoms with van der Waals surface area (Å²) in [5, 5.41) is 11.5. The van der Waals surface area contributed by atoms with E-state index in [1.807, 2.05) is 6.07 Å². The van der Waals surface area contributed by atoms with Gasteiger partial charge in [-0.15, -0.1) is 15.3 Å². The molecule has 5 nitrogen and oxygen atoms in total. The summed E-state index contributed by atoms with van der Waals surface area (Å²) in [7, 11) is 0. The lowest BCUT2D eigenvalue weighted by Gasteiger charge is -2.27. The van der Waals surface area contributed by atoms with Gasteiger partial charge in [0.05, 0.1) is 0 Å². The van der Waals surface area contributed by atoms with E-state index < -0.39 is 6.43 Å². The molecule has 2 bridgehead atoms. The Morgan fingerprint density at radius 2 is 2.11 bits per heavy atom. The maximum atomic E-state index is 12.8. The number of nitrogens with zero attached hydrogens (tertiary/aromatic N) is 5. The van der Waals surface area contributed by atoms with Gasteiger partial charge in [0.2, 0.25) is 5.82 Å². The number of halogens is 2. The minimum absolute atomic E-state index is 0.364. The summed E-state index contributed by atoms with van der Waals surface area (Å²) in [5.74, 6) is 1.10. The van der Waals surface area contributed by atoms with Crippen LogP contribution < -0.4 is 4.90 Å². The first-order valence-corrected chi connectivity index (χ1v) is 6.49. The molecule has 4 rings (SSSR count). The van der Waals surface area contributed by atoms with Gasteiger partial charge in [-0.3, -0.25) is 0 Å². The molecule has 1 aliphatic carbocycles. The van der Waals surface area contributed by atoms with Gasteiger partial charge >= 0.3 is 0 Å². The van der Waals surface area contributed by atoms with E-state index in [1.165, 1.54) is 19.3 Å². The van der Waals surface area contributed by atoms with Crippen molar-refractivity contribution in [3.8, 4) is 0 Å². The van der Waals surface area contributed by atoms with E-state index in [4.69, 9.17) is 0 Å². The molecule has 2 aliphatic rings. The van der Waals surface area contributed by atoms with Gasteiger partial charge in [-0.1, -0.05) is 0 Å². The Morgan fingerprint density at radius 1 is 1.21 bits per heavy atom. The highest BCUT2D eigenvalue weighted by atomic mass is 19.3. The Kier molecular flexibility index (Phi) is 2.24.